The molecule has 0 bridgehead atoms. The Bertz CT molecular complexity index is 607. The molecule has 0 radical (unpaired) electrons. The number of aromatic nitrogens is 2. The first-order valence-corrected chi connectivity index (χ1v) is 7.50. The maximum atomic E-state index is 4.58. The number of H-pyrrole nitrogens is 1. The topological polar surface area (TPSA) is 40.7 Å². The van der Waals surface area contributed by atoms with Gasteiger partial charge in [-0.3, -0.25) is 5.10 Å². The molecule has 0 aliphatic carbocycles. The third-order valence-corrected chi connectivity index (χ3v) is 4.53. The zero-order valence-electron chi connectivity index (χ0n) is 12.6. The zero-order valence-corrected chi connectivity index (χ0v) is 12.6. The lowest BCUT2D eigenvalue weighted by Gasteiger charge is -2.22. The average molecular weight is 269 g/mol. The largest absolute Gasteiger partial charge is 0.316 e. The summed E-state index contributed by atoms with van der Waals surface area (Å²) in [5.74, 6) is 0.580. The highest BCUT2D eigenvalue weighted by Crippen LogP contribution is 2.31. The van der Waals surface area contributed by atoms with Gasteiger partial charge in [0.25, 0.3) is 0 Å². The molecule has 1 aliphatic heterocycles. The van der Waals surface area contributed by atoms with E-state index in [1.54, 1.807) is 0 Å². The summed E-state index contributed by atoms with van der Waals surface area (Å²) in [5, 5.41) is 11.3. The normalized spacial score (nSPS) is 19.2. The molecule has 1 atom stereocenters. The predicted molar refractivity (Wildman–Crippen MR) is 83.1 cm³/mol. The Balaban J connectivity index is 1.94. The Morgan fingerprint density at radius 1 is 1.15 bits per heavy atom. The van der Waals surface area contributed by atoms with Crippen LogP contribution in [0.25, 0.3) is 11.3 Å². The molecule has 1 fully saturated rings. The number of piperidine rings is 1. The molecule has 0 saturated carbocycles. The van der Waals surface area contributed by atoms with Crippen LogP contribution < -0.4 is 5.32 Å². The van der Waals surface area contributed by atoms with Crippen LogP contribution in [-0.2, 0) is 0 Å². The van der Waals surface area contributed by atoms with Gasteiger partial charge in [0.2, 0.25) is 0 Å². The summed E-state index contributed by atoms with van der Waals surface area (Å²) in [6, 6.07) is 6.59. The molecule has 2 heterocycles. The molecule has 106 valence electrons. The molecule has 1 aromatic carbocycles. The van der Waals surface area contributed by atoms with Gasteiger partial charge in [0.05, 0.1) is 5.69 Å². The lowest BCUT2D eigenvalue weighted by atomic mass is 9.92. The van der Waals surface area contributed by atoms with Gasteiger partial charge >= 0.3 is 0 Å². The summed E-state index contributed by atoms with van der Waals surface area (Å²) >= 11 is 0. The lowest BCUT2D eigenvalue weighted by Crippen LogP contribution is -2.28. The van der Waals surface area contributed by atoms with Crippen LogP contribution in [0.1, 0.15) is 41.1 Å². The molecule has 1 saturated heterocycles. The molecule has 3 rings (SSSR count). The Morgan fingerprint density at radius 3 is 2.70 bits per heavy atom. The molecule has 0 spiro atoms. The number of nitrogens with one attached hydrogen (secondary N) is 2. The molecule has 1 aliphatic rings. The van der Waals surface area contributed by atoms with Crippen molar-refractivity contribution in [1.29, 1.82) is 0 Å². The van der Waals surface area contributed by atoms with E-state index in [9.17, 15) is 0 Å². The van der Waals surface area contributed by atoms with Gasteiger partial charge in [0.15, 0.2) is 0 Å². The summed E-state index contributed by atoms with van der Waals surface area (Å²) in [7, 11) is 0. The van der Waals surface area contributed by atoms with Crippen molar-refractivity contribution in [2.75, 3.05) is 13.1 Å². The van der Waals surface area contributed by atoms with E-state index in [2.05, 4.69) is 54.5 Å². The van der Waals surface area contributed by atoms with Crippen LogP contribution in [0, 0.1) is 20.8 Å². The van der Waals surface area contributed by atoms with Crippen LogP contribution in [-0.4, -0.2) is 23.3 Å². The first-order valence-electron chi connectivity index (χ1n) is 7.50. The Kier molecular flexibility index (Phi) is 3.62. The number of nitrogens with zero attached hydrogens (tertiary/aromatic N) is 1. The van der Waals surface area contributed by atoms with Crippen molar-refractivity contribution >= 4 is 0 Å². The lowest BCUT2D eigenvalue weighted by molar-refractivity contribution is 0.453. The molecule has 1 aromatic heterocycles. The number of rotatable bonds is 2. The molecule has 20 heavy (non-hydrogen) atoms. The van der Waals surface area contributed by atoms with Gasteiger partial charge in [-0.05, 0) is 62.9 Å². The van der Waals surface area contributed by atoms with Crippen molar-refractivity contribution < 1.29 is 0 Å². The van der Waals surface area contributed by atoms with Crippen LogP contribution in [0.15, 0.2) is 18.2 Å². The molecule has 3 heteroatoms. The third-order valence-electron chi connectivity index (χ3n) is 4.53. The van der Waals surface area contributed by atoms with Crippen LogP contribution in [0.4, 0.5) is 0 Å². The van der Waals surface area contributed by atoms with E-state index >= 15 is 0 Å². The van der Waals surface area contributed by atoms with Crippen molar-refractivity contribution in [3.8, 4) is 11.3 Å². The van der Waals surface area contributed by atoms with Gasteiger partial charge in [-0.25, -0.2) is 0 Å². The summed E-state index contributed by atoms with van der Waals surface area (Å²) in [6.45, 7) is 8.71. The number of aromatic amines is 1. The van der Waals surface area contributed by atoms with Crippen molar-refractivity contribution in [3.63, 3.8) is 0 Å². The summed E-state index contributed by atoms with van der Waals surface area (Å²) in [5.41, 5.74) is 7.60. The second-order valence-corrected chi connectivity index (χ2v) is 5.95. The van der Waals surface area contributed by atoms with Crippen molar-refractivity contribution in [2.24, 2.45) is 0 Å². The highest BCUT2D eigenvalue weighted by atomic mass is 15.1. The van der Waals surface area contributed by atoms with Crippen LogP contribution >= 0.6 is 0 Å². The van der Waals surface area contributed by atoms with Crippen molar-refractivity contribution in [3.05, 3.63) is 40.6 Å². The first-order chi connectivity index (χ1) is 9.66. The van der Waals surface area contributed by atoms with Crippen LogP contribution in [0.2, 0.25) is 0 Å². The van der Waals surface area contributed by atoms with E-state index in [-0.39, 0.29) is 0 Å². The maximum absolute atomic E-state index is 4.58. The van der Waals surface area contributed by atoms with Crippen molar-refractivity contribution in [2.45, 2.75) is 39.5 Å². The fraction of sp³-hybridized carbons (Fsp3) is 0.471. The predicted octanol–water partition coefficient (Wildman–Crippen LogP) is 3.47. The summed E-state index contributed by atoms with van der Waals surface area (Å²) in [6.07, 6.45) is 2.50. The maximum Gasteiger partial charge on any atom is 0.0952 e. The fourth-order valence-electron chi connectivity index (χ4n) is 3.08. The van der Waals surface area contributed by atoms with Gasteiger partial charge in [-0.1, -0.05) is 12.1 Å². The highest BCUT2D eigenvalue weighted by molar-refractivity contribution is 5.65. The molecule has 2 N–H and O–H groups in total. The SMILES string of the molecule is Cc1ccc(-c2n[nH]c(C3CCCNC3)c2C)cc1C. The standard InChI is InChI=1S/C17H23N3/c1-11-6-7-14(9-12(11)2)16-13(3)17(20-19-16)15-5-4-8-18-10-15/h6-7,9,15,18H,4-5,8,10H2,1-3H3,(H,19,20). The van der Waals surface area contributed by atoms with E-state index in [0.29, 0.717) is 5.92 Å². The van der Waals surface area contributed by atoms with Crippen molar-refractivity contribution in [1.82, 2.24) is 15.5 Å². The van der Waals surface area contributed by atoms with Gasteiger partial charge in [-0.15, -0.1) is 0 Å². The zero-order chi connectivity index (χ0) is 14.1. The van der Waals surface area contributed by atoms with Crippen LogP contribution in [0.3, 0.4) is 0 Å². The van der Waals surface area contributed by atoms with E-state index in [4.69, 9.17) is 0 Å². The fourth-order valence-corrected chi connectivity index (χ4v) is 3.08. The van der Waals surface area contributed by atoms with E-state index in [1.807, 2.05) is 0 Å². The highest BCUT2D eigenvalue weighted by Gasteiger charge is 2.21. The minimum Gasteiger partial charge on any atom is -0.316 e. The number of hydrogen-bond donors (Lipinski definition) is 2. The average Bonchev–Trinajstić information content (AvgIpc) is 2.85. The van der Waals surface area contributed by atoms with Gasteiger partial charge in [-0.2, -0.15) is 5.10 Å². The minimum absolute atomic E-state index is 0.580. The Morgan fingerprint density at radius 2 is 2.00 bits per heavy atom. The monoisotopic (exact) mass is 269 g/mol. The first kappa shape index (κ1) is 13.4. The summed E-state index contributed by atoms with van der Waals surface area (Å²) < 4.78 is 0. The van der Waals surface area contributed by atoms with E-state index in [0.717, 1.165) is 18.8 Å². The van der Waals surface area contributed by atoms with E-state index in [1.165, 1.54) is 40.8 Å². The summed E-state index contributed by atoms with van der Waals surface area (Å²) in [4.78, 5) is 0. The molecule has 1 unspecified atom stereocenters. The molecular formula is C17H23N3. The molecule has 3 nitrogen and oxygen atoms in total. The Labute approximate surface area is 120 Å². The van der Waals surface area contributed by atoms with Gasteiger partial charge < -0.3 is 5.32 Å². The number of benzene rings is 1. The van der Waals surface area contributed by atoms with Gasteiger partial charge in [0, 0.05) is 23.7 Å². The quantitative estimate of drug-likeness (QED) is 0.876. The van der Waals surface area contributed by atoms with E-state index < -0.39 is 0 Å². The second kappa shape index (κ2) is 5.41. The van der Waals surface area contributed by atoms with Gasteiger partial charge in [0.1, 0.15) is 0 Å². The molecular weight excluding hydrogens is 246 g/mol. The Hall–Kier alpha value is -1.61. The smallest absolute Gasteiger partial charge is 0.0952 e. The molecule has 2 aromatic rings. The molecule has 0 amide bonds. The third kappa shape index (κ3) is 2.38. The second-order valence-electron chi connectivity index (χ2n) is 5.95. The number of hydrogen-bond acceptors (Lipinski definition) is 2. The number of aryl methyl sites for hydroxylation is 2. The van der Waals surface area contributed by atoms with Crippen LogP contribution in [0.5, 0.6) is 0 Å². The minimum atomic E-state index is 0.580.